The Bertz CT molecular complexity index is 754. The standard InChI is InChI=1S/C18H14O3/c1-10-8-12(9-11-6-7-21-18(10)11)15-16(19)13-4-2-3-5-14(13)17(15)20/h2-5,8-9,15H,6-7H2,1H3. The molecule has 1 aliphatic carbocycles. The van der Waals surface area contributed by atoms with E-state index in [0.717, 1.165) is 28.9 Å². The van der Waals surface area contributed by atoms with E-state index in [1.54, 1.807) is 24.3 Å². The van der Waals surface area contributed by atoms with Crippen molar-refractivity contribution in [2.75, 3.05) is 6.61 Å². The van der Waals surface area contributed by atoms with E-state index in [0.29, 0.717) is 17.7 Å². The number of hydrogen-bond donors (Lipinski definition) is 0. The van der Waals surface area contributed by atoms with Gasteiger partial charge < -0.3 is 4.74 Å². The third-order valence-electron chi connectivity index (χ3n) is 4.31. The second-order valence-electron chi connectivity index (χ2n) is 5.63. The maximum absolute atomic E-state index is 12.6. The molecule has 0 amide bonds. The molecule has 0 fully saturated rings. The van der Waals surface area contributed by atoms with Crippen LogP contribution >= 0.6 is 0 Å². The highest BCUT2D eigenvalue weighted by molar-refractivity contribution is 6.29. The Morgan fingerprint density at radius 1 is 1.05 bits per heavy atom. The van der Waals surface area contributed by atoms with Gasteiger partial charge in [0.15, 0.2) is 11.6 Å². The lowest BCUT2D eigenvalue weighted by Crippen LogP contribution is -2.13. The molecule has 2 aromatic carbocycles. The number of aryl methyl sites for hydroxylation is 1. The lowest BCUT2D eigenvalue weighted by atomic mass is 9.91. The van der Waals surface area contributed by atoms with Gasteiger partial charge in [0.1, 0.15) is 11.7 Å². The Balaban J connectivity index is 1.84. The SMILES string of the molecule is Cc1cc(C2C(=O)c3ccccc3C2=O)cc2c1OCC2. The topological polar surface area (TPSA) is 43.4 Å². The molecule has 0 saturated heterocycles. The minimum absolute atomic E-state index is 0.0890. The monoisotopic (exact) mass is 278 g/mol. The number of ether oxygens (including phenoxy) is 1. The molecule has 0 bridgehead atoms. The van der Waals surface area contributed by atoms with Gasteiger partial charge in [-0.25, -0.2) is 0 Å². The highest BCUT2D eigenvalue weighted by Crippen LogP contribution is 2.38. The van der Waals surface area contributed by atoms with Crippen LogP contribution in [0.2, 0.25) is 0 Å². The van der Waals surface area contributed by atoms with Crippen LogP contribution in [0.3, 0.4) is 0 Å². The molecule has 2 aromatic rings. The summed E-state index contributed by atoms with van der Waals surface area (Å²) < 4.78 is 5.59. The zero-order chi connectivity index (χ0) is 14.6. The van der Waals surface area contributed by atoms with Gasteiger partial charge in [-0.15, -0.1) is 0 Å². The quantitative estimate of drug-likeness (QED) is 0.753. The van der Waals surface area contributed by atoms with Crippen molar-refractivity contribution >= 4 is 11.6 Å². The Kier molecular flexibility index (Phi) is 2.52. The lowest BCUT2D eigenvalue weighted by molar-refractivity contribution is 0.0890. The second kappa shape index (κ2) is 4.29. The molecule has 2 aliphatic rings. The van der Waals surface area contributed by atoms with Gasteiger partial charge in [0, 0.05) is 17.5 Å². The second-order valence-corrected chi connectivity index (χ2v) is 5.63. The number of hydrogen-bond acceptors (Lipinski definition) is 3. The van der Waals surface area contributed by atoms with Crippen molar-refractivity contribution in [1.29, 1.82) is 0 Å². The third-order valence-corrected chi connectivity index (χ3v) is 4.31. The van der Waals surface area contributed by atoms with Crippen molar-refractivity contribution in [3.05, 3.63) is 64.2 Å². The molecular weight excluding hydrogens is 264 g/mol. The van der Waals surface area contributed by atoms with Crippen LogP contribution in [0.5, 0.6) is 5.75 Å². The predicted molar refractivity (Wildman–Crippen MR) is 78.2 cm³/mol. The zero-order valence-corrected chi connectivity index (χ0v) is 11.7. The fraction of sp³-hybridized carbons (Fsp3) is 0.222. The summed E-state index contributed by atoms with van der Waals surface area (Å²) in [7, 11) is 0. The van der Waals surface area contributed by atoms with Crippen LogP contribution in [-0.4, -0.2) is 18.2 Å². The number of carbonyl (C=O) groups excluding carboxylic acids is 2. The number of benzene rings is 2. The van der Waals surface area contributed by atoms with Crippen LogP contribution in [-0.2, 0) is 6.42 Å². The van der Waals surface area contributed by atoms with Gasteiger partial charge in [0.05, 0.1) is 6.61 Å². The molecule has 0 atom stereocenters. The molecule has 0 spiro atoms. The summed E-state index contributed by atoms with van der Waals surface area (Å²) in [4.78, 5) is 25.1. The average molecular weight is 278 g/mol. The summed E-state index contributed by atoms with van der Waals surface area (Å²) in [6.07, 6.45) is 0.839. The van der Waals surface area contributed by atoms with Gasteiger partial charge in [0.25, 0.3) is 0 Å². The van der Waals surface area contributed by atoms with Gasteiger partial charge in [0.2, 0.25) is 0 Å². The molecule has 0 radical (unpaired) electrons. The first-order valence-electron chi connectivity index (χ1n) is 7.10. The highest BCUT2D eigenvalue weighted by atomic mass is 16.5. The van der Waals surface area contributed by atoms with Crippen LogP contribution in [0, 0.1) is 6.92 Å². The summed E-state index contributed by atoms with van der Waals surface area (Å²) in [5, 5.41) is 0. The first-order chi connectivity index (χ1) is 10.2. The number of carbonyl (C=O) groups is 2. The summed E-state index contributed by atoms with van der Waals surface area (Å²) in [5.41, 5.74) is 3.98. The fourth-order valence-electron chi connectivity index (χ4n) is 3.34. The zero-order valence-electron chi connectivity index (χ0n) is 11.7. The smallest absolute Gasteiger partial charge is 0.178 e. The Morgan fingerprint density at radius 3 is 2.38 bits per heavy atom. The molecular formula is C18H14O3. The Labute approximate surface area is 122 Å². The molecule has 0 aromatic heterocycles. The maximum Gasteiger partial charge on any atom is 0.178 e. The molecule has 1 aliphatic heterocycles. The van der Waals surface area contributed by atoms with E-state index in [9.17, 15) is 9.59 Å². The number of Topliss-reactive ketones (excluding diaryl/α,β-unsaturated/α-hetero) is 2. The van der Waals surface area contributed by atoms with Crippen LogP contribution in [0.15, 0.2) is 36.4 Å². The Hall–Kier alpha value is -2.42. The van der Waals surface area contributed by atoms with Crippen molar-refractivity contribution in [2.45, 2.75) is 19.3 Å². The van der Waals surface area contributed by atoms with Gasteiger partial charge in [-0.2, -0.15) is 0 Å². The summed E-state index contributed by atoms with van der Waals surface area (Å²) in [6.45, 7) is 2.64. The average Bonchev–Trinajstić information content (AvgIpc) is 3.04. The largest absolute Gasteiger partial charge is 0.493 e. The maximum atomic E-state index is 12.6. The van der Waals surface area contributed by atoms with Crippen LogP contribution in [0.4, 0.5) is 0 Å². The molecule has 104 valence electrons. The molecule has 0 N–H and O–H groups in total. The van der Waals surface area contributed by atoms with E-state index in [1.807, 2.05) is 19.1 Å². The summed E-state index contributed by atoms with van der Waals surface area (Å²) in [6, 6.07) is 10.9. The molecule has 3 nitrogen and oxygen atoms in total. The van der Waals surface area contributed by atoms with Crippen LogP contribution in [0.25, 0.3) is 0 Å². The number of rotatable bonds is 1. The number of fused-ring (bicyclic) bond motifs is 2. The van der Waals surface area contributed by atoms with E-state index < -0.39 is 5.92 Å². The van der Waals surface area contributed by atoms with E-state index in [-0.39, 0.29) is 11.6 Å². The van der Waals surface area contributed by atoms with Crippen molar-refractivity contribution < 1.29 is 14.3 Å². The predicted octanol–water partition coefficient (Wildman–Crippen LogP) is 3.09. The van der Waals surface area contributed by atoms with E-state index in [2.05, 4.69) is 0 Å². The molecule has 0 unspecified atom stereocenters. The first-order valence-corrected chi connectivity index (χ1v) is 7.10. The van der Waals surface area contributed by atoms with Crippen LogP contribution < -0.4 is 4.74 Å². The molecule has 21 heavy (non-hydrogen) atoms. The lowest BCUT2D eigenvalue weighted by Gasteiger charge is -2.11. The minimum atomic E-state index is -0.688. The summed E-state index contributed by atoms with van der Waals surface area (Å²) in [5.74, 6) is 0.0453. The number of ketones is 2. The van der Waals surface area contributed by atoms with Crippen molar-refractivity contribution in [1.82, 2.24) is 0 Å². The summed E-state index contributed by atoms with van der Waals surface area (Å²) >= 11 is 0. The van der Waals surface area contributed by atoms with E-state index in [4.69, 9.17) is 4.74 Å². The van der Waals surface area contributed by atoms with Gasteiger partial charge in [-0.1, -0.05) is 36.4 Å². The van der Waals surface area contributed by atoms with Gasteiger partial charge in [-0.3, -0.25) is 9.59 Å². The van der Waals surface area contributed by atoms with Crippen molar-refractivity contribution in [3.8, 4) is 5.75 Å². The minimum Gasteiger partial charge on any atom is -0.493 e. The molecule has 3 heteroatoms. The van der Waals surface area contributed by atoms with Crippen LogP contribution in [0.1, 0.15) is 43.3 Å². The van der Waals surface area contributed by atoms with Crippen molar-refractivity contribution in [2.24, 2.45) is 0 Å². The van der Waals surface area contributed by atoms with Gasteiger partial charge >= 0.3 is 0 Å². The first kappa shape index (κ1) is 12.3. The van der Waals surface area contributed by atoms with Gasteiger partial charge in [-0.05, 0) is 23.6 Å². The normalized spacial score (nSPS) is 16.8. The third kappa shape index (κ3) is 1.67. The van der Waals surface area contributed by atoms with E-state index >= 15 is 0 Å². The highest BCUT2D eigenvalue weighted by Gasteiger charge is 2.39. The fourth-order valence-corrected chi connectivity index (χ4v) is 3.34. The Morgan fingerprint density at radius 2 is 1.71 bits per heavy atom. The molecule has 1 heterocycles. The van der Waals surface area contributed by atoms with Crippen molar-refractivity contribution in [3.63, 3.8) is 0 Å². The van der Waals surface area contributed by atoms with E-state index in [1.165, 1.54) is 0 Å². The molecule has 0 saturated carbocycles. The molecule has 4 rings (SSSR count).